The third-order valence-corrected chi connectivity index (χ3v) is 5.29. The van der Waals surface area contributed by atoms with Crippen molar-refractivity contribution in [2.45, 2.75) is 26.3 Å². The lowest BCUT2D eigenvalue weighted by molar-refractivity contribution is 0.0985. The van der Waals surface area contributed by atoms with Crippen molar-refractivity contribution in [2.24, 2.45) is 0 Å². The van der Waals surface area contributed by atoms with E-state index in [0.29, 0.717) is 23.7 Å². The fourth-order valence-electron chi connectivity index (χ4n) is 3.71. The zero-order valence-electron chi connectivity index (χ0n) is 14.5. The standard InChI is InChI=1S/C21H19ClN2O2/c1-2-23-19-10-9-15(12-16(19)17(22)13-20(23)25)21(26)24-11-5-7-14-6-3-4-8-18(14)24/h3-4,6,8-10,12-13H,2,5,7,11H2,1H3. The molecule has 0 spiro atoms. The van der Waals surface area contributed by atoms with Gasteiger partial charge in [0.2, 0.25) is 0 Å². The Hall–Kier alpha value is -2.59. The summed E-state index contributed by atoms with van der Waals surface area (Å²) in [7, 11) is 0. The molecule has 0 atom stereocenters. The summed E-state index contributed by atoms with van der Waals surface area (Å²) in [6, 6.07) is 14.8. The number of rotatable bonds is 2. The van der Waals surface area contributed by atoms with E-state index >= 15 is 0 Å². The lowest BCUT2D eigenvalue weighted by Crippen LogP contribution is -2.35. The van der Waals surface area contributed by atoms with Gasteiger partial charge >= 0.3 is 0 Å². The first-order valence-corrected chi connectivity index (χ1v) is 9.21. The van der Waals surface area contributed by atoms with Crippen LogP contribution in [0, 0.1) is 0 Å². The van der Waals surface area contributed by atoms with E-state index in [2.05, 4.69) is 6.07 Å². The number of hydrogen-bond acceptors (Lipinski definition) is 2. The van der Waals surface area contributed by atoms with Crippen LogP contribution in [-0.2, 0) is 13.0 Å². The average Bonchev–Trinajstić information content (AvgIpc) is 2.67. The quantitative estimate of drug-likeness (QED) is 0.679. The largest absolute Gasteiger partial charge is 0.308 e. The van der Waals surface area contributed by atoms with Crippen molar-refractivity contribution in [3.63, 3.8) is 0 Å². The van der Waals surface area contributed by atoms with Gasteiger partial charge in [-0.1, -0.05) is 29.8 Å². The van der Waals surface area contributed by atoms with Crippen LogP contribution in [-0.4, -0.2) is 17.0 Å². The third-order valence-electron chi connectivity index (χ3n) is 4.98. The number of amides is 1. The monoisotopic (exact) mass is 366 g/mol. The van der Waals surface area contributed by atoms with Gasteiger partial charge in [0, 0.05) is 35.8 Å². The van der Waals surface area contributed by atoms with Gasteiger partial charge in [-0.3, -0.25) is 9.59 Å². The van der Waals surface area contributed by atoms with Crippen molar-refractivity contribution in [1.29, 1.82) is 0 Å². The van der Waals surface area contributed by atoms with Gasteiger partial charge in [0.1, 0.15) is 0 Å². The summed E-state index contributed by atoms with van der Waals surface area (Å²) in [5.41, 5.74) is 3.38. The topological polar surface area (TPSA) is 42.3 Å². The van der Waals surface area contributed by atoms with Gasteiger partial charge in [0.15, 0.2) is 0 Å². The number of nitrogens with zero attached hydrogens (tertiary/aromatic N) is 2. The van der Waals surface area contributed by atoms with Crippen molar-refractivity contribution in [3.05, 3.63) is 75.0 Å². The summed E-state index contributed by atoms with van der Waals surface area (Å²) in [5, 5.41) is 1.10. The number of aromatic nitrogens is 1. The lowest BCUT2D eigenvalue weighted by atomic mass is 10.0. The molecule has 4 rings (SSSR count). The highest BCUT2D eigenvalue weighted by molar-refractivity contribution is 6.35. The maximum absolute atomic E-state index is 13.2. The molecule has 1 aromatic heterocycles. The fourth-order valence-corrected chi connectivity index (χ4v) is 3.95. The first-order chi connectivity index (χ1) is 12.6. The third kappa shape index (κ3) is 2.71. The van der Waals surface area contributed by atoms with Gasteiger partial charge in [0.05, 0.1) is 10.5 Å². The second kappa shape index (κ2) is 6.61. The number of carbonyl (C=O) groups excluding carboxylic acids is 1. The molecule has 2 aromatic carbocycles. The van der Waals surface area contributed by atoms with Crippen LogP contribution in [0.4, 0.5) is 5.69 Å². The summed E-state index contributed by atoms with van der Waals surface area (Å²) in [4.78, 5) is 27.1. The lowest BCUT2D eigenvalue weighted by Gasteiger charge is -2.29. The molecular formula is C21H19ClN2O2. The molecule has 1 aliphatic heterocycles. The zero-order valence-corrected chi connectivity index (χ0v) is 15.3. The van der Waals surface area contributed by atoms with E-state index in [1.807, 2.05) is 36.1 Å². The molecule has 132 valence electrons. The van der Waals surface area contributed by atoms with Gasteiger partial charge in [-0.15, -0.1) is 0 Å². The normalized spacial score (nSPS) is 13.7. The highest BCUT2D eigenvalue weighted by atomic mass is 35.5. The molecule has 0 radical (unpaired) electrons. The summed E-state index contributed by atoms with van der Waals surface area (Å²) in [5.74, 6) is -0.0376. The Balaban J connectivity index is 1.81. The van der Waals surface area contributed by atoms with E-state index in [1.54, 1.807) is 16.7 Å². The van der Waals surface area contributed by atoms with Gasteiger partial charge in [0.25, 0.3) is 11.5 Å². The van der Waals surface area contributed by atoms with Crippen LogP contribution in [0.3, 0.4) is 0 Å². The predicted molar refractivity (Wildman–Crippen MR) is 105 cm³/mol. The summed E-state index contributed by atoms with van der Waals surface area (Å²) < 4.78 is 1.66. The second-order valence-electron chi connectivity index (χ2n) is 6.50. The Kier molecular flexibility index (Phi) is 4.29. The Morgan fingerprint density at radius 1 is 1.15 bits per heavy atom. The maximum Gasteiger partial charge on any atom is 0.258 e. The molecule has 26 heavy (non-hydrogen) atoms. The molecule has 0 saturated heterocycles. The molecule has 1 amide bonds. The Morgan fingerprint density at radius 2 is 1.96 bits per heavy atom. The molecule has 4 nitrogen and oxygen atoms in total. The van der Waals surface area contributed by atoms with Crippen LogP contribution >= 0.6 is 11.6 Å². The van der Waals surface area contributed by atoms with E-state index in [0.717, 1.165) is 29.4 Å². The summed E-state index contributed by atoms with van der Waals surface area (Å²) in [6.45, 7) is 3.17. The summed E-state index contributed by atoms with van der Waals surface area (Å²) >= 11 is 6.30. The average molecular weight is 367 g/mol. The fraction of sp³-hybridized carbons (Fsp3) is 0.238. The number of hydrogen-bond donors (Lipinski definition) is 0. The number of halogens is 1. The number of pyridine rings is 1. The minimum Gasteiger partial charge on any atom is -0.308 e. The van der Waals surface area contributed by atoms with Crippen LogP contribution < -0.4 is 10.5 Å². The maximum atomic E-state index is 13.2. The van der Waals surface area contributed by atoms with Crippen molar-refractivity contribution in [1.82, 2.24) is 4.57 Å². The van der Waals surface area contributed by atoms with Crippen molar-refractivity contribution in [2.75, 3.05) is 11.4 Å². The molecular weight excluding hydrogens is 348 g/mol. The van der Waals surface area contributed by atoms with Crippen LogP contribution in [0.15, 0.2) is 53.3 Å². The minimum absolute atomic E-state index is 0.0376. The highest BCUT2D eigenvalue weighted by Gasteiger charge is 2.23. The van der Waals surface area contributed by atoms with E-state index in [-0.39, 0.29) is 11.5 Å². The molecule has 0 fully saturated rings. The van der Waals surface area contributed by atoms with Crippen LogP contribution in [0.5, 0.6) is 0 Å². The first kappa shape index (κ1) is 16.9. The molecule has 0 aliphatic carbocycles. The smallest absolute Gasteiger partial charge is 0.258 e. The van der Waals surface area contributed by atoms with Gasteiger partial charge < -0.3 is 9.47 Å². The number of para-hydroxylation sites is 1. The molecule has 0 N–H and O–H groups in total. The van der Waals surface area contributed by atoms with Crippen molar-refractivity contribution >= 4 is 34.1 Å². The van der Waals surface area contributed by atoms with Gasteiger partial charge in [-0.05, 0) is 49.6 Å². The first-order valence-electron chi connectivity index (χ1n) is 8.83. The van der Waals surface area contributed by atoms with Gasteiger partial charge in [-0.25, -0.2) is 0 Å². The predicted octanol–water partition coefficient (Wildman–Crippen LogP) is 4.27. The number of aryl methyl sites for hydroxylation is 2. The van der Waals surface area contributed by atoms with E-state index in [1.165, 1.54) is 11.6 Å². The molecule has 0 bridgehead atoms. The number of benzene rings is 2. The van der Waals surface area contributed by atoms with Crippen LogP contribution in [0.2, 0.25) is 5.02 Å². The number of anilines is 1. The minimum atomic E-state index is -0.131. The molecule has 3 aromatic rings. The molecule has 2 heterocycles. The SMILES string of the molecule is CCn1c(=O)cc(Cl)c2cc(C(=O)N3CCCc4ccccc43)ccc21. The molecule has 5 heteroatoms. The Morgan fingerprint density at radius 3 is 2.77 bits per heavy atom. The second-order valence-corrected chi connectivity index (χ2v) is 6.90. The highest BCUT2D eigenvalue weighted by Crippen LogP contribution is 2.29. The molecule has 1 aliphatic rings. The molecule has 0 saturated carbocycles. The number of carbonyl (C=O) groups is 1. The van der Waals surface area contributed by atoms with Crippen LogP contribution in [0.1, 0.15) is 29.3 Å². The van der Waals surface area contributed by atoms with E-state index in [9.17, 15) is 9.59 Å². The molecule has 0 unspecified atom stereocenters. The van der Waals surface area contributed by atoms with E-state index in [4.69, 9.17) is 11.6 Å². The number of fused-ring (bicyclic) bond motifs is 2. The van der Waals surface area contributed by atoms with Crippen molar-refractivity contribution in [3.8, 4) is 0 Å². The van der Waals surface area contributed by atoms with Gasteiger partial charge in [-0.2, -0.15) is 0 Å². The Labute approximate surface area is 156 Å². The zero-order chi connectivity index (χ0) is 18.3. The van der Waals surface area contributed by atoms with Crippen molar-refractivity contribution < 1.29 is 4.79 Å². The van der Waals surface area contributed by atoms with Crippen LogP contribution in [0.25, 0.3) is 10.9 Å². The van der Waals surface area contributed by atoms with E-state index < -0.39 is 0 Å². The summed E-state index contributed by atoms with van der Waals surface area (Å²) in [6.07, 6.45) is 1.94. The Bertz CT molecular complexity index is 1070.